The quantitative estimate of drug-likeness (QED) is 0.249. The Bertz CT molecular complexity index is 1280. The third-order valence-electron chi connectivity index (χ3n) is 4.74. The molecule has 0 aliphatic rings. The Hall–Kier alpha value is -4.29. The van der Waals surface area contributed by atoms with Gasteiger partial charge >= 0.3 is 0 Å². The minimum atomic E-state index is -0.404. The van der Waals surface area contributed by atoms with Gasteiger partial charge < -0.3 is 10.3 Å². The van der Waals surface area contributed by atoms with Crippen molar-refractivity contribution in [1.29, 1.82) is 5.26 Å². The number of carbonyl (C=O) groups excluding carboxylic acids is 2. The maximum atomic E-state index is 12.3. The summed E-state index contributed by atoms with van der Waals surface area (Å²) in [6, 6.07) is 23.8. The van der Waals surface area contributed by atoms with E-state index in [2.05, 4.69) is 26.1 Å². The number of benzene rings is 3. The van der Waals surface area contributed by atoms with Gasteiger partial charge in [-0.05, 0) is 54.1 Å². The highest BCUT2D eigenvalue weighted by Gasteiger charge is 2.08. The summed E-state index contributed by atoms with van der Waals surface area (Å²) in [6.07, 6.45) is 0. The van der Waals surface area contributed by atoms with Crippen molar-refractivity contribution in [1.82, 2.24) is 20.8 Å². The molecule has 0 atom stereocenters. The molecule has 0 aliphatic heterocycles. The molecule has 0 saturated carbocycles. The number of carbonyl (C=O) groups is 2. The summed E-state index contributed by atoms with van der Waals surface area (Å²) < 4.78 is 0. The maximum absolute atomic E-state index is 12.3. The number of anilines is 1. The fourth-order valence-corrected chi connectivity index (χ4v) is 3.83. The minimum Gasteiger partial charge on any atom is -0.376 e. The van der Waals surface area contributed by atoms with E-state index in [0.29, 0.717) is 22.6 Å². The first-order valence-electron chi connectivity index (χ1n) is 10.1. The van der Waals surface area contributed by atoms with Gasteiger partial charge in [-0.3, -0.25) is 20.4 Å². The molecule has 0 radical (unpaired) electrons. The number of amides is 2. The highest BCUT2D eigenvalue weighted by molar-refractivity contribution is 7.98. The number of H-pyrrole nitrogens is 1. The largest absolute Gasteiger partial charge is 0.376 e. The highest BCUT2D eigenvalue weighted by atomic mass is 32.2. The number of rotatable bonds is 7. The van der Waals surface area contributed by atoms with Crippen molar-refractivity contribution in [3.05, 3.63) is 89.5 Å². The van der Waals surface area contributed by atoms with Crippen LogP contribution < -0.4 is 16.2 Å². The van der Waals surface area contributed by atoms with Crippen LogP contribution in [0.1, 0.15) is 21.5 Å². The molecule has 9 heteroatoms. The van der Waals surface area contributed by atoms with Crippen molar-refractivity contribution in [2.45, 2.75) is 10.9 Å². The number of para-hydroxylation sites is 2. The number of imidazole rings is 1. The van der Waals surface area contributed by atoms with Crippen LogP contribution in [0.5, 0.6) is 0 Å². The SMILES string of the molecule is N#Cc1ccc(NCC(=O)NNC(=O)c2ccc(CSc3nc4ccccc4[nH]3)cc2)cc1. The normalized spacial score (nSPS) is 10.4. The van der Waals surface area contributed by atoms with Crippen molar-refractivity contribution >= 4 is 40.3 Å². The van der Waals surface area contributed by atoms with Gasteiger partial charge in [-0.1, -0.05) is 36.0 Å². The van der Waals surface area contributed by atoms with E-state index >= 15 is 0 Å². The highest BCUT2D eigenvalue weighted by Crippen LogP contribution is 2.23. The zero-order valence-corrected chi connectivity index (χ0v) is 18.3. The van der Waals surface area contributed by atoms with Crippen molar-refractivity contribution < 1.29 is 9.59 Å². The first-order chi connectivity index (χ1) is 16.1. The van der Waals surface area contributed by atoms with Crippen LogP contribution in [0.2, 0.25) is 0 Å². The van der Waals surface area contributed by atoms with Gasteiger partial charge in [-0.15, -0.1) is 0 Å². The molecular formula is C24H20N6O2S. The molecule has 1 heterocycles. The molecule has 164 valence electrons. The maximum Gasteiger partial charge on any atom is 0.269 e. The molecule has 2 amide bonds. The molecule has 3 aromatic carbocycles. The van der Waals surface area contributed by atoms with Crippen LogP contribution in [-0.2, 0) is 10.5 Å². The van der Waals surface area contributed by atoms with Crippen LogP contribution in [0.4, 0.5) is 5.69 Å². The van der Waals surface area contributed by atoms with Gasteiger partial charge in [0.1, 0.15) is 0 Å². The first kappa shape index (κ1) is 21.9. The van der Waals surface area contributed by atoms with Gasteiger partial charge in [0.05, 0.1) is 29.2 Å². The summed E-state index contributed by atoms with van der Waals surface area (Å²) in [5, 5.41) is 12.6. The second kappa shape index (κ2) is 10.3. The molecular weight excluding hydrogens is 436 g/mol. The number of hydrogen-bond donors (Lipinski definition) is 4. The topological polar surface area (TPSA) is 123 Å². The van der Waals surface area contributed by atoms with Gasteiger partial charge in [-0.25, -0.2) is 4.98 Å². The van der Waals surface area contributed by atoms with E-state index in [-0.39, 0.29) is 6.54 Å². The number of aromatic amines is 1. The molecule has 4 N–H and O–H groups in total. The number of thioether (sulfide) groups is 1. The zero-order chi connectivity index (χ0) is 23.0. The van der Waals surface area contributed by atoms with Gasteiger partial charge in [0.2, 0.25) is 0 Å². The van der Waals surface area contributed by atoms with E-state index in [1.165, 1.54) is 0 Å². The van der Waals surface area contributed by atoms with Gasteiger partial charge in [-0.2, -0.15) is 5.26 Å². The molecule has 1 aromatic heterocycles. The monoisotopic (exact) mass is 456 g/mol. The lowest BCUT2D eigenvalue weighted by atomic mass is 10.1. The van der Waals surface area contributed by atoms with Crippen LogP contribution in [0.25, 0.3) is 11.0 Å². The molecule has 0 aliphatic carbocycles. The lowest BCUT2D eigenvalue weighted by Crippen LogP contribution is -2.44. The minimum absolute atomic E-state index is 0.0237. The summed E-state index contributed by atoms with van der Waals surface area (Å²) in [7, 11) is 0. The van der Waals surface area contributed by atoms with Crippen LogP contribution in [0, 0.1) is 11.3 Å². The molecule has 0 unspecified atom stereocenters. The Kier molecular flexibility index (Phi) is 6.87. The fourth-order valence-electron chi connectivity index (χ4n) is 2.99. The predicted octanol–water partition coefficient (Wildman–Crippen LogP) is 3.60. The predicted molar refractivity (Wildman–Crippen MR) is 127 cm³/mol. The van der Waals surface area contributed by atoms with Crippen molar-refractivity contribution in [2.24, 2.45) is 0 Å². The molecule has 8 nitrogen and oxygen atoms in total. The van der Waals surface area contributed by atoms with Crippen LogP contribution in [0.3, 0.4) is 0 Å². The van der Waals surface area contributed by atoms with E-state index < -0.39 is 11.8 Å². The lowest BCUT2D eigenvalue weighted by Gasteiger charge is -2.09. The summed E-state index contributed by atoms with van der Waals surface area (Å²) in [5.41, 5.74) is 9.44. The molecule has 0 fully saturated rings. The summed E-state index contributed by atoms with van der Waals surface area (Å²) >= 11 is 1.59. The van der Waals surface area contributed by atoms with Gasteiger partial charge in [0.25, 0.3) is 11.8 Å². The van der Waals surface area contributed by atoms with E-state index in [1.54, 1.807) is 48.2 Å². The van der Waals surface area contributed by atoms with E-state index in [0.717, 1.165) is 21.8 Å². The number of fused-ring (bicyclic) bond motifs is 1. The van der Waals surface area contributed by atoms with E-state index in [4.69, 9.17) is 5.26 Å². The molecule has 0 bridgehead atoms. The standard InChI is InChI=1S/C24H20N6O2S/c25-13-16-7-11-19(12-8-16)26-14-22(31)29-30-23(32)18-9-5-17(6-10-18)15-33-24-27-20-3-1-2-4-21(20)28-24/h1-12,26H,14-15H2,(H,27,28)(H,29,31)(H,30,32). The van der Waals surface area contributed by atoms with Crippen LogP contribution in [-0.4, -0.2) is 28.3 Å². The number of nitrogens with one attached hydrogen (secondary N) is 4. The molecule has 0 saturated heterocycles. The number of nitrogens with zero attached hydrogens (tertiary/aromatic N) is 2. The van der Waals surface area contributed by atoms with Gasteiger partial charge in [0, 0.05) is 17.0 Å². The fraction of sp³-hybridized carbons (Fsp3) is 0.0833. The molecule has 4 aromatic rings. The average molecular weight is 457 g/mol. The molecule has 4 rings (SSSR count). The second-order valence-corrected chi connectivity index (χ2v) is 8.05. The Balaban J connectivity index is 1.22. The summed E-state index contributed by atoms with van der Waals surface area (Å²) in [5.74, 6) is -0.0933. The van der Waals surface area contributed by atoms with Gasteiger partial charge in [0.15, 0.2) is 5.16 Å². The van der Waals surface area contributed by atoms with E-state index in [9.17, 15) is 9.59 Å². The summed E-state index contributed by atoms with van der Waals surface area (Å²) in [6.45, 7) is -0.0237. The van der Waals surface area contributed by atoms with E-state index in [1.807, 2.05) is 42.5 Å². The summed E-state index contributed by atoms with van der Waals surface area (Å²) in [4.78, 5) is 32.1. The van der Waals surface area contributed by atoms with Crippen molar-refractivity contribution in [3.63, 3.8) is 0 Å². The Labute approximate surface area is 194 Å². The second-order valence-electron chi connectivity index (χ2n) is 7.09. The Morgan fingerprint density at radius 2 is 1.73 bits per heavy atom. The Morgan fingerprint density at radius 1 is 0.970 bits per heavy atom. The zero-order valence-electron chi connectivity index (χ0n) is 17.5. The third kappa shape index (κ3) is 5.90. The first-order valence-corrected chi connectivity index (χ1v) is 11.1. The molecule has 33 heavy (non-hydrogen) atoms. The number of hydrogen-bond acceptors (Lipinski definition) is 6. The molecule has 0 spiro atoms. The lowest BCUT2D eigenvalue weighted by molar-refractivity contribution is -0.120. The average Bonchev–Trinajstić information content (AvgIpc) is 3.28. The smallest absolute Gasteiger partial charge is 0.269 e. The third-order valence-corrected chi connectivity index (χ3v) is 5.69. The van der Waals surface area contributed by atoms with Crippen LogP contribution in [0.15, 0.2) is 78.0 Å². The number of aromatic nitrogens is 2. The Morgan fingerprint density at radius 3 is 2.45 bits per heavy atom. The number of hydrazine groups is 1. The van der Waals surface area contributed by atoms with Crippen molar-refractivity contribution in [3.8, 4) is 6.07 Å². The van der Waals surface area contributed by atoms with Crippen molar-refractivity contribution in [2.75, 3.05) is 11.9 Å². The van der Waals surface area contributed by atoms with Crippen LogP contribution >= 0.6 is 11.8 Å². The number of nitriles is 1.